The number of phenolic OH excluding ortho intramolecular Hbond substituents is 2. The van der Waals surface area contributed by atoms with E-state index >= 15 is 0 Å². The van der Waals surface area contributed by atoms with E-state index in [1.165, 1.54) is 42.5 Å². The number of carbonyl (C=O) groups is 3. The largest absolute Gasteiger partial charge is 0.508 e. The van der Waals surface area contributed by atoms with Crippen molar-refractivity contribution in [2.45, 2.75) is 38.5 Å². The topological polar surface area (TPSA) is 101 Å². The molecule has 6 heteroatoms. The van der Waals surface area contributed by atoms with Gasteiger partial charge in [0.1, 0.15) is 28.7 Å². The van der Waals surface area contributed by atoms with Crippen LogP contribution in [0, 0.1) is 5.92 Å². The number of rotatable bonds is 8. The molecule has 4 aromatic rings. The fraction of sp³-hybridized carbons (Fsp3) is 0.184. The highest BCUT2D eigenvalue weighted by atomic mass is 16.5. The molecule has 44 heavy (non-hydrogen) atoms. The molecule has 0 saturated heterocycles. The summed E-state index contributed by atoms with van der Waals surface area (Å²) in [5.74, 6) is -2.60. The van der Waals surface area contributed by atoms with E-state index in [0.29, 0.717) is 5.75 Å². The van der Waals surface area contributed by atoms with Crippen LogP contribution in [0.25, 0.3) is 0 Å². The van der Waals surface area contributed by atoms with E-state index in [9.17, 15) is 24.6 Å². The number of carbonyl (C=O) groups excluding carboxylic acids is 3. The van der Waals surface area contributed by atoms with Crippen LogP contribution in [0.1, 0.15) is 60.3 Å². The summed E-state index contributed by atoms with van der Waals surface area (Å²) < 4.78 is 5.86. The molecule has 0 amide bonds. The van der Waals surface area contributed by atoms with Crippen molar-refractivity contribution in [3.8, 4) is 17.2 Å². The molecule has 0 fully saturated rings. The van der Waals surface area contributed by atoms with Gasteiger partial charge in [-0.2, -0.15) is 0 Å². The summed E-state index contributed by atoms with van der Waals surface area (Å²) in [6, 6.07) is 28.2. The molecule has 0 spiro atoms. The number of para-hydroxylation sites is 2. The van der Waals surface area contributed by atoms with E-state index in [1.807, 2.05) is 56.3 Å². The van der Waals surface area contributed by atoms with Gasteiger partial charge in [-0.3, -0.25) is 9.59 Å². The Hall–Kier alpha value is -5.23. The minimum atomic E-state index is -1.17. The number of ether oxygens (including phenoxy) is 1. The standard InChI is InChI=1S/C38H34O6/c1-37(2,30-15-5-7-17-32(30)40)25-11-9-12-26(23-25)38(3,4)31-16-6-8-18-33(31)44-36(43)29-14-10-13-28(35(29)42)34(41)24-19-21-27(39)22-20-24/h5-23,28,39-40H,1-4H3. The molecule has 2 N–H and O–H groups in total. The molecule has 5 rings (SSSR count). The van der Waals surface area contributed by atoms with Crippen LogP contribution in [0.5, 0.6) is 17.2 Å². The fourth-order valence-corrected chi connectivity index (χ4v) is 5.62. The van der Waals surface area contributed by atoms with Gasteiger partial charge >= 0.3 is 5.97 Å². The van der Waals surface area contributed by atoms with E-state index in [1.54, 1.807) is 24.3 Å². The number of hydrogen-bond donors (Lipinski definition) is 2. The average molecular weight is 587 g/mol. The number of esters is 1. The summed E-state index contributed by atoms with van der Waals surface area (Å²) in [6.07, 6.45) is 4.33. The zero-order valence-electron chi connectivity index (χ0n) is 25.1. The lowest BCUT2D eigenvalue weighted by molar-refractivity contribution is -0.132. The summed E-state index contributed by atoms with van der Waals surface area (Å²) in [5, 5.41) is 20.1. The smallest absolute Gasteiger partial charge is 0.347 e. The quantitative estimate of drug-likeness (QED) is 0.0743. The highest BCUT2D eigenvalue weighted by Crippen LogP contribution is 2.41. The van der Waals surface area contributed by atoms with Crippen molar-refractivity contribution in [3.05, 3.63) is 149 Å². The number of phenols is 2. The molecule has 1 atom stereocenters. The molecule has 4 aromatic carbocycles. The van der Waals surface area contributed by atoms with Gasteiger partial charge in [-0.15, -0.1) is 0 Å². The number of allylic oxidation sites excluding steroid dienone is 3. The van der Waals surface area contributed by atoms with E-state index in [4.69, 9.17) is 4.74 Å². The van der Waals surface area contributed by atoms with Gasteiger partial charge in [0.2, 0.25) is 0 Å². The van der Waals surface area contributed by atoms with Gasteiger partial charge in [0.05, 0.1) is 0 Å². The van der Waals surface area contributed by atoms with Crippen LogP contribution in [-0.2, 0) is 20.4 Å². The molecule has 1 unspecified atom stereocenters. The Morgan fingerprint density at radius 3 is 1.98 bits per heavy atom. The Bertz CT molecular complexity index is 1810. The van der Waals surface area contributed by atoms with Crippen molar-refractivity contribution in [1.82, 2.24) is 0 Å². The summed E-state index contributed by atoms with van der Waals surface area (Å²) in [5.41, 5.74) is 2.45. The molecule has 0 heterocycles. The first kappa shape index (κ1) is 30.2. The minimum Gasteiger partial charge on any atom is -0.508 e. The number of ketones is 2. The minimum absolute atomic E-state index is 0.00347. The first-order valence-electron chi connectivity index (χ1n) is 14.4. The zero-order valence-corrected chi connectivity index (χ0v) is 25.1. The van der Waals surface area contributed by atoms with Gasteiger partial charge in [0, 0.05) is 27.5 Å². The highest BCUT2D eigenvalue weighted by molar-refractivity contribution is 6.27. The maximum absolute atomic E-state index is 13.4. The molecule has 222 valence electrons. The molecule has 0 bridgehead atoms. The Morgan fingerprint density at radius 2 is 1.32 bits per heavy atom. The third kappa shape index (κ3) is 5.71. The van der Waals surface area contributed by atoms with E-state index in [2.05, 4.69) is 19.9 Å². The van der Waals surface area contributed by atoms with Crippen molar-refractivity contribution >= 4 is 17.5 Å². The van der Waals surface area contributed by atoms with E-state index in [0.717, 1.165) is 22.3 Å². The first-order chi connectivity index (χ1) is 20.9. The van der Waals surface area contributed by atoms with E-state index < -0.39 is 34.3 Å². The molecule has 1 aliphatic rings. The summed E-state index contributed by atoms with van der Waals surface area (Å²) in [6.45, 7) is 8.19. The summed E-state index contributed by atoms with van der Waals surface area (Å²) in [7, 11) is 0. The van der Waals surface area contributed by atoms with Gasteiger partial charge in [0.25, 0.3) is 0 Å². The number of benzene rings is 4. The van der Waals surface area contributed by atoms with Gasteiger partial charge in [-0.1, -0.05) is 101 Å². The van der Waals surface area contributed by atoms with Crippen LogP contribution in [0.3, 0.4) is 0 Å². The second kappa shape index (κ2) is 11.8. The third-order valence-electron chi connectivity index (χ3n) is 8.41. The predicted molar refractivity (Wildman–Crippen MR) is 169 cm³/mol. The molecule has 0 aromatic heterocycles. The lowest BCUT2D eigenvalue weighted by Crippen LogP contribution is -2.31. The average Bonchev–Trinajstić information content (AvgIpc) is 3.01. The SMILES string of the molecule is CC(C)(c1cccc(C(C)(C)c2ccccc2OC(=O)C2=CC=CC(C(=O)c3ccc(O)cc3)C2=O)c1)c1ccccc1O. The number of hydrogen-bond acceptors (Lipinski definition) is 6. The summed E-state index contributed by atoms with van der Waals surface area (Å²) in [4.78, 5) is 39.8. The summed E-state index contributed by atoms with van der Waals surface area (Å²) >= 11 is 0. The Morgan fingerprint density at radius 1 is 0.727 bits per heavy atom. The van der Waals surface area contributed by atoms with Crippen molar-refractivity contribution in [3.63, 3.8) is 0 Å². The number of Topliss-reactive ketones (excluding diaryl/α,β-unsaturated/α-hetero) is 2. The monoisotopic (exact) mass is 586 g/mol. The Balaban J connectivity index is 1.41. The second-order valence-corrected chi connectivity index (χ2v) is 12.0. The second-order valence-electron chi connectivity index (χ2n) is 12.0. The molecular formula is C38H34O6. The van der Waals surface area contributed by atoms with Crippen molar-refractivity contribution in [2.24, 2.45) is 5.92 Å². The maximum Gasteiger partial charge on any atom is 0.347 e. The molecular weight excluding hydrogens is 552 g/mol. The Kier molecular flexibility index (Phi) is 8.11. The predicted octanol–water partition coefficient (Wildman–Crippen LogP) is 7.22. The third-order valence-corrected chi connectivity index (χ3v) is 8.41. The first-order valence-corrected chi connectivity index (χ1v) is 14.4. The van der Waals surface area contributed by atoms with Crippen molar-refractivity contribution in [2.75, 3.05) is 0 Å². The zero-order chi connectivity index (χ0) is 31.6. The van der Waals surface area contributed by atoms with Crippen LogP contribution >= 0.6 is 0 Å². The van der Waals surface area contributed by atoms with Crippen molar-refractivity contribution < 1.29 is 29.3 Å². The molecule has 1 aliphatic carbocycles. The van der Waals surface area contributed by atoms with Crippen LogP contribution in [-0.4, -0.2) is 27.7 Å². The van der Waals surface area contributed by atoms with Gasteiger partial charge in [0.15, 0.2) is 11.6 Å². The van der Waals surface area contributed by atoms with Crippen LogP contribution in [0.4, 0.5) is 0 Å². The van der Waals surface area contributed by atoms with Crippen LogP contribution in [0.15, 0.2) is 121 Å². The van der Waals surface area contributed by atoms with Gasteiger partial charge in [-0.05, 0) is 53.6 Å². The highest BCUT2D eigenvalue weighted by Gasteiger charge is 2.35. The fourth-order valence-electron chi connectivity index (χ4n) is 5.62. The molecule has 6 nitrogen and oxygen atoms in total. The van der Waals surface area contributed by atoms with Crippen LogP contribution < -0.4 is 4.74 Å². The normalized spacial score (nSPS) is 15.0. The molecule has 0 saturated carbocycles. The van der Waals surface area contributed by atoms with E-state index in [-0.39, 0.29) is 22.6 Å². The molecule has 0 radical (unpaired) electrons. The van der Waals surface area contributed by atoms with Crippen LogP contribution in [0.2, 0.25) is 0 Å². The van der Waals surface area contributed by atoms with Gasteiger partial charge in [-0.25, -0.2) is 4.79 Å². The lowest BCUT2D eigenvalue weighted by Gasteiger charge is -2.31. The maximum atomic E-state index is 13.4. The molecule has 0 aliphatic heterocycles. The van der Waals surface area contributed by atoms with Crippen molar-refractivity contribution in [1.29, 1.82) is 0 Å². The number of aromatic hydroxyl groups is 2. The lowest BCUT2D eigenvalue weighted by atomic mass is 9.73. The van der Waals surface area contributed by atoms with Gasteiger partial charge < -0.3 is 14.9 Å². The Labute approximate surface area is 257 Å².